The van der Waals surface area contributed by atoms with Crippen molar-refractivity contribution in [2.24, 2.45) is 0 Å². The summed E-state index contributed by atoms with van der Waals surface area (Å²) in [7, 11) is 1.55. The number of benzene rings is 3. The molecule has 1 unspecified atom stereocenters. The number of aliphatic hydroxyl groups excluding tert-OH is 1. The van der Waals surface area contributed by atoms with Gasteiger partial charge in [0.15, 0.2) is 16.6 Å². The average Bonchev–Trinajstić information content (AvgIpc) is 3.53. The molecule has 1 amide bonds. The van der Waals surface area contributed by atoms with Crippen molar-refractivity contribution in [1.29, 1.82) is 0 Å². The van der Waals surface area contributed by atoms with Gasteiger partial charge in [0.25, 0.3) is 5.78 Å². The van der Waals surface area contributed by atoms with E-state index in [0.717, 1.165) is 29.5 Å². The van der Waals surface area contributed by atoms with Crippen molar-refractivity contribution in [2.45, 2.75) is 46.1 Å². The van der Waals surface area contributed by atoms with Crippen LogP contribution in [0.2, 0.25) is 0 Å². The Labute approximate surface area is 249 Å². The standard InChI is InChI=1S/C33H34N2O6S/c1-5-7-8-17-41-25-16-13-22(18-26(25)39-4)29-28(30(36)21-11-9-20(3)10-12-21)31(37)32(38)35(29)33-34-24-15-14-23(40-6-2)19-27(24)42-33/h9-16,18-19,29,36H,5-8,17H2,1-4H3. The van der Waals surface area contributed by atoms with Gasteiger partial charge >= 0.3 is 5.91 Å². The van der Waals surface area contributed by atoms with E-state index in [2.05, 4.69) is 6.92 Å². The van der Waals surface area contributed by atoms with E-state index in [1.54, 1.807) is 37.4 Å². The number of hydrogen-bond donors (Lipinski definition) is 1. The maximum atomic E-state index is 13.7. The molecule has 2 heterocycles. The van der Waals surface area contributed by atoms with Crippen LogP contribution in [-0.4, -0.2) is 42.1 Å². The lowest BCUT2D eigenvalue weighted by Gasteiger charge is -2.24. The Kier molecular flexibility index (Phi) is 8.77. The molecule has 42 heavy (non-hydrogen) atoms. The van der Waals surface area contributed by atoms with Gasteiger partial charge in [0.2, 0.25) is 0 Å². The van der Waals surface area contributed by atoms with Gasteiger partial charge in [0.05, 0.1) is 42.2 Å². The van der Waals surface area contributed by atoms with Gasteiger partial charge in [-0.2, -0.15) is 0 Å². The van der Waals surface area contributed by atoms with Crippen LogP contribution < -0.4 is 19.1 Å². The Balaban J connectivity index is 1.64. The highest BCUT2D eigenvalue weighted by Crippen LogP contribution is 2.46. The molecule has 1 aliphatic heterocycles. The Morgan fingerprint density at radius 1 is 0.976 bits per heavy atom. The van der Waals surface area contributed by atoms with E-state index in [0.29, 0.717) is 52.2 Å². The number of aryl methyl sites for hydroxylation is 1. The molecule has 1 fully saturated rings. The third kappa shape index (κ3) is 5.69. The van der Waals surface area contributed by atoms with E-state index in [1.807, 2.05) is 44.2 Å². The van der Waals surface area contributed by atoms with Crippen molar-refractivity contribution in [3.63, 3.8) is 0 Å². The monoisotopic (exact) mass is 586 g/mol. The van der Waals surface area contributed by atoms with E-state index >= 15 is 0 Å². The van der Waals surface area contributed by atoms with Gasteiger partial charge in [-0.3, -0.25) is 14.5 Å². The average molecular weight is 587 g/mol. The molecular formula is C33H34N2O6S. The number of Topliss-reactive ketones (excluding diaryl/α,β-unsaturated/α-hetero) is 1. The second-order valence-electron chi connectivity index (χ2n) is 10.1. The number of nitrogens with zero attached hydrogens (tertiary/aromatic N) is 2. The largest absolute Gasteiger partial charge is 0.507 e. The van der Waals surface area contributed by atoms with Gasteiger partial charge < -0.3 is 19.3 Å². The maximum Gasteiger partial charge on any atom is 0.301 e. The summed E-state index contributed by atoms with van der Waals surface area (Å²) in [5.74, 6) is -0.0773. The highest BCUT2D eigenvalue weighted by Gasteiger charge is 2.48. The number of thiazole rings is 1. The molecule has 4 aromatic rings. The second-order valence-corrected chi connectivity index (χ2v) is 11.1. The molecule has 9 heteroatoms. The summed E-state index contributed by atoms with van der Waals surface area (Å²) in [4.78, 5) is 33.4. The lowest BCUT2D eigenvalue weighted by Crippen LogP contribution is -2.29. The number of unbranched alkanes of at least 4 members (excludes halogenated alkanes) is 2. The van der Waals surface area contributed by atoms with Crippen LogP contribution in [0.4, 0.5) is 5.13 Å². The molecule has 0 saturated carbocycles. The number of hydrogen-bond acceptors (Lipinski definition) is 8. The van der Waals surface area contributed by atoms with Gasteiger partial charge in [0, 0.05) is 5.56 Å². The minimum absolute atomic E-state index is 0.0169. The van der Waals surface area contributed by atoms with Crippen molar-refractivity contribution in [2.75, 3.05) is 25.2 Å². The highest BCUT2D eigenvalue weighted by atomic mass is 32.1. The van der Waals surface area contributed by atoms with Crippen molar-refractivity contribution in [1.82, 2.24) is 4.98 Å². The predicted octanol–water partition coefficient (Wildman–Crippen LogP) is 7.21. The van der Waals surface area contributed by atoms with E-state index in [4.69, 9.17) is 19.2 Å². The number of carbonyl (C=O) groups is 2. The Morgan fingerprint density at radius 3 is 2.48 bits per heavy atom. The van der Waals surface area contributed by atoms with Crippen LogP contribution in [0, 0.1) is 6.92 Å². The third-order valence-electron chi connectivity index (χ3n) is 7.14. The van der Waals surface area contributed by atoms with Crippen molar-refractivity contribution < 1.29 is 28.9 Å². The Morgan fingerprint density at radius 2 is 1.76 bits per heavy atom. The number of ketones is 1. The maximum absolute atomic E-state index is 13.7. The summed E-state index contributed by atoms with van der Waals surface area (Å²) in [6, 6.07) is 17.0. The van der Waals surface area contributed by atoms with Gasteiger partial charge in [-0.15, -0.1) is 0 Å². The molecule has 8 nitrogen and oxygen atoms in total. The first-order chi connectivity index (χ1) is 20.4. The quantitative estimate of drug-likeness (QED) is 0.0858. The topological polar surface area (TPSA) is 98.2 Å². The lowest BCUT2D eigenvalue weighted by molar-refractivity contribution is -0.132. The number of anilines is 1. The molecule has 1 aromatic heterocycles. The van der Waals surface area contributed by atoms with Gasteiger partial charge in [0.1, 0.15) is 11.5 Å². The number of amides is 1. The fourth-order valence-corrected chi connectivity index (χ4v) is 5.99. The molecule has 1 N–H and O–H groups in total. The molecule has 218 valence electrons. The third-order valence-corrected chi connectivity index (χ3v) is 8.16. The van der Waals surface area contributed by atoms with Crippen LogP contribution >= 0.6 is 11.3 Å². The minimum atomic E-state index is -0.943. The van der Waals surface area contributed by atoms with E-state index in [9.17, 15) is 14.7 Å². The summed E-state index contributed by atoms with van der Waals surface area (Å²) < 4.78 is 18.1. The Bertz CT molecular complexity index is 1640. The first-order valence-corrected chi connectivity index (χ1v) is 14.9. The molecule has 0 radical (unpaired) electrons. The van der Waals surface area contributed by atoms with Crippen LogP contribution in [0.15, 0.2) is 66.2 Å². The van der Waals surface area contributed by atoms with Crippen LogP contribution in [-0.2, 0) is 9.59 Å². The van der Waals surface area contributed by atoms with Crippen LogP contribution in [0.1, 0.15) is 55.8 Å². The lowest BCUT2D eigenvalue weighted by atomic mass is 9.95. The van der Waals surface area contributed by atoms with E-state index in [1.165, 1.54) is 16.2 Å². The number of ether oxygens (including phenoxy) is 3. The molecular weight excluding hydrogens is 552 g/mol. The highest BCUT2D eigenvalue weighted by molar-refractivity contribution is 7.22. The fourth-order valence-electron chi connectivity index (χ4n) is 4.97. The smallest absolute Gasteiger partial charge is 0.301 e. The molecule has 0 aliphatic carbocycles. The number of rotatable bonds is 11. The molecule has 3 aromatic carbocycles. The first kappa shape index (κ1) is 29.1. The van der Waals surface area contributed by atoms with Gasteiger partial charge in [-0.25, -0.2) is 4.98 Å². The molecule has 0 bridgehead atoms. The summed E-state index contributed by atoms with van der Waals surface area (Å²) in [6.07, 6.45) is 3.06. The fraction of sp³-hybridized carbons (Fsp3) is 0.303. The van der Waals surface area contributed by atoms with E-state index < -0.39 is 17.7 Å². The number of fused-ring (bicyclic) bond motifs is 1. The zero-order valence-corrected chi connectivity index (χ0v) is 25.0. The number of carbonyl (C=O) groups excluding carboxylic acids is 2. The molecule has 1 atom stereocenters. The zero-order chi connectivity index (χ0) is 29.8. The number of aromatic nitrogens is 1. The molecule has 1 saturated heterocycles. The van der Waals surface area contributed by atoms with Crippen molar-refractivity contribution >= 4 is 44.1 Å². The second kappa shape index (κ2) is 12.7. The summed E-state index contributed by atoms with van der Waals surface area (Å²) in [6.45, 7) is 7.04. The normalized spacial score (nSPS) is 16.3. The summed E-state index contributed by atoms with van der Waals surface area (Å²) in [5, 5.41) is 11.8. The molecule has 0 spiro atoms. The van der Waals surface area contributed by atoms with Gasteiger partial charge in [-0.1, -0.05) is 67.0 Å². The zero-order valence-electron chi connectivity index (χ0n) is 24.2. The number of aliphatic hydroxyl groups is 1. The Hall–Kier alpha value is -4.37. The molecule has 5 rings (SSSR count). The summed E-state index contributed by atoms with van der Waals surface area (Å²) >= 11 is 1.28. The molecule has 1 aliphatic rings. The minimum Gasteiger partial charge on any atom is -0.507 e. The summed E-state index contributed by atoms with van der Waals surface area (Å²) in [5.41, 5.74) is 2.68. The van der Waals surface area contributed by atoms with E-state index in [-0.39, 0.29) is 11.3 Å². The predicted molar refractivity (Wildman–Crippen MR) is 165 cm³/mol. The SMILES string of the molecule is CCCCCOc1ccc(C2C(=C(O)c3ccc(C)cc3)C(=O)C(=O)N2c2nc3ccc(OCC)cc3s2)cc1OC. The van der Waals surface area contributed by atoms with Crippen LogP contribution in [0.3, 0.4) is 0 Å². The van der Waals surface area contributed by atoms with Crippen LogP contribution in [0.5, 0.6) is 17.2 Å². The van der Waals surface area contributed by atoms with Crippen molar-refractivity contribution in [3.05, 3.63) is 82.9 Å². The van der Waals surface area contributed by atoms with Gasteiger partial charge in [-0.05, 0) is 56.2 Å². The number of methoxy groups -OCH3 is 1. The van der Waals surface area contributed by atoms with Crippen molar-refractivity contribution in [3.8, 4) is 17.2 Å². The van der Waals surface area contributed by atoms with Crippen LogP contribution in [0.25, 0.3) is 16.0 Å². The first-order valence-electron chi connectivity index (χ1n) is 14.1.